The molecular weight excluding hydrogens is 180 g/mol. The maximum absolute atomic E-state index is 2.49. The maximum atomic E-state index is 2.49. The maximum Gasteiger partial charge on any atom is -0.0295 e. The minimum atomic E-state index is 0.654. The van der Waals surface area contributed by atoms with Gasteiger partial charge in [-0.25, -0.2) is 0 Å². The van der Waals surface area contributed by atoms with Gasteiger partial charge in [-0.3, -0.25) is 0 Å². The lowest BCUT2D eigenvalue weighted by molar-refractivity contribution is -0.127. The topological polar surface area (TPSA) is 0 Å². The number of hydrogen-bond donors (Lipinski definition) is 0. The lowest BCUT2D eigenvalue weighted by atomic mass is 9.43. The summed E-state index contributed by atoms with van der Waals surface area (Å²) in [5.74, 6) is 3.94. The molecular formula is C15H26. The molecule has 0 aliphatic heterocycles. The predicted molar refractivity (Wildman–Crippen MR) is 66.7 cm³/mol. The van der Waals surface area contributed by atoms with Crippen LogP contribution in [0.25, 0.3) is 0 Å². The molecule has 0 amide bonds. The van der Waals surface area contributed by atoms with Gasteiger partial charge in [-0.05, 0) is 62.2 Å². The van der Waals surface area contributed by atoms with E-state index in [0.29, 0.717) is 5.41 Å². The van der Waals surface area contributed by atoms with E-state index in [1.165, 1.54) is 24.8 Å². The third kappa shape index (κ3) is 1.77. The van der Waals surface area contributed by atoms with Crippen LogP contribution in [0.1, 0.15) is 53.9 Å². The highest BCUT2D eigenvalue weighted by Crippen LogP contribution is 2.63. The summed E-state index contributed by atoms with van der Waals surface area (Å²) in [6, 6.07) is 0. The van der Waals surface area contributed by atoms with Crippen LogP contribution in [-0.4, -0.2) is 0 Å². The SMILES string of the molecule is CC(C)=CC[C@@H]1C[C@@H]2C[C@H]([C@H]1C)C2(C)C. The highest BCUT2D eigenvalue weighted by Gasteiger charge is 2.55. The molecule has 3 aliphatic rings. The van der Waals surface area contributed by atoms with Crippen LogP contribution in [0.2, 0.25) is 0 Å². The van der Waals surface area contributed by atoms with Crippen molar-refractivity contribution in [1.29, 1.82) is 0 Å². The lowest BCUT2D eigenvalue weighted by Crippen LogP contribution is -2.54. The highest BCUT2D eigenvalue weighted by molar-refractivity contribution is 5.06. The van der Waals surface area contributed by atoms with Crippen molar-refractivity contribution in [3.05, 3.63) is 11.6 Å². The van der Waals surface area contributed by atoms with E-state index in [4.69, 9.17) is 0 Å². The summed E-state index contributed by atoms with van der Waals surface area (Å²) in [7, 11) is 0. The Balaban J connectivity index is 1.99. The van der Waals surface area contributed by atoms with E-state index in [0.717, 1.165) is 23.7 Å². The summed E-state index contributed by atoms with van der Waals surface area (Å²) < 4.78 is 0. The average molecular weight is 206 g/mol. The van der Waals surface area contributed by atoms with Gasteiger partial charge in [0.1, 0.15) is 0 Å². The fourth-order valence-electron chi connectivity index (χ4n) is 3.96. The van der Waals surface area contributed by atoms with Gasteiger partial charge in [0.2, 0.25) is 0 Å². The van der Waals surface area contributed by atoms with Crippen molar-refractivity contribution in [3.8, 4) is 0 Å². The van der Waals surface area contributed by atoms with Crippen LogP contribution in [0.4, 0.5) is 0 Å². The third-order valence-corrected chi connectivity index (χ3v) is 5.34. The lowest BCUT2D eigenvalue weighted by Gasteiger charge is -2.62. The monoisotopic (exact) mass is 206 g/mol. The van der Waals surface area contributed by atoms with Gasteiger partial charge in [0.25, 0.3) is 0 Å². The molecule has 2 bridgehead atoms. The largest absolute Gasteiger partial charge is 0.0856 e. The molecule has 15 heavy (non-hydrogen) atoms. The van der Waals surface area contributed by atoms with Crippen molar-refractivity contribution in [2.75, 3.05) is 0 Å². The van der Waals surface area contributed by atoms with Gasteiger partial charge < -0.3 is 0 Å². The Morgan fingerprint density at radius 2 is 1.93 bits per heavy atom. The second-order valence-corrected chi connectivity index (χ2v) is 6.73. The number of hydrogen-bond acceptors (Lipinski definition) is 0. The molecule has 4 atom stereocenters. The van der Waals surface area contributed by atoms with E-state index in [1.54, 1.807) is 0 Å². The van der Waals surface area contributed by atoms with E-state index in [9.17, 15) is 0 Å². The molecule has 86 valence electrons. The molecule has 0 nitrogen and oxygen atoms in total. The van der Waals surface area contributed by atoms with Crippen LogP contribution in [0.15, 0.2) is 11.6 Å². The van der Waals surface area contributed by atoms with Crippen LogP contribution < -0.4 is 0 Å². The molecule has 3 rings (SSSR count). The second-order valence-electron chi connectivity index (χ2n) is 6.73. The first kappa shape index (κ1) is 11.2. The van der Waals surface area contributed by atoms with E-state index in [-0.39, 0.29) is 0 Å². The molecule has 0 unspecified atom stereocenters. The van der Waals surface area contributed by atoms with Crippen LogP contribution >= 0.6 is 0 Å². The Morgan fingerprint density at radius 1 is 1.27 bits per heavy atom. The minimum Gasteiger partial charge on any atom is -0.0856 e. The molecule has 0 saturated heterocycles. The standard InChI is InChI=1S/C15H26/c1-10(2)6-7-12-8-13-9-14(11(12)3)15(13,4)5/h6,11-14H,7-9H2,1-5H3/t11-,12+,13+,14+/m0/s1. The average Bonchev–Trinajstić information content (AvgIpc) is 2.15. The van der Waals surface area contributed by atoms with Crippen molar-refractivity contribution in [2.24, 2.45) is 29.1 Å². The molecule has 0 radical (unpaired) electrons. The molecule has 0 aromatic heterocycles. The zero-order valence-corrected chi connectivity index (χ0v) is 11.0. The summed E-state index contributed by atoms with van der Waals surface area (Å²) in [4.78, 5) is 0. The van der Waals surface area contributed by atoms with Crippen molar-refractivity contribution >= 4 is 0 Å². The fourth-order valence-corrected chi connectivity index (χ4v) is 3.96. The van der Waals surface area contributed by atoms with Crippen molar-refractivity contribution in [3.63, 3.8) is 0 Å². The first-order chi connectivity index (χ1) is 6.93. The van der Waals surface area contributed by atoms with Gasteiger partial charge in [-0.15, -0.1) is 0 Å². The Labute approximate surface area is 95.1 Å². The Bertz CT molecular complexity index is 268. The van der Waals surface area contributed by atoms with E-state index in [2.05, 4.69) is 40.7 Å². The van der Waals surface area contributed by atoms with Crippen molar-refractivity contribution in [2.45, 2.75) is 53.9 Å². The third-order valence-electron chi connectivity index (χ3n) is 5.34. The summed E-state index contributed by atoms with van der Waals surface area (Å²) >= 11 is 0. The fraction of sp³-hybridized carbons (Fsp3) is 0.867. The molecule has 0 aromatic rings. The van der Waals surface area contributed by atoms with Crippen LogP contribution in [0.3, 0.4) is 0 Å². The van der Waals surface area contributed by atoms with Crippen LogP contribution in [0.5, 0.6) is 0 Å². The van der Waals surface area contributed by atoms with Gasteiger partial charge in [-0.2, -0.15) is 0 Å². The highest BCUT2D eigenvalue weighted by atomic mass is 14.6. The van der Waals surface area contributed by atoms with Crippen molar-refractivity contribution < 1.29 is 0 Å². The zero-order chi connectivity index (χ0) is 11.2. The van der Waals surface area contributed by atoms with E-state index < -0.39 is 0 Å². The normalized spacial score (nSPS) is 41.9. The molecule has 0 aromatic carbocycles. The summed E-state index contributed by atoms with van der Waals surface area (Å²) in [6.07, 6.45) is 6.76. The van der Waals surface area contributed by atoms with E-state index >= 15 is 0 Å². The molecule has 3 aliphatic carbocycles. The smallest absolute Gasteiger partial charge is 0.0295 e. The summed E-state index contributed by atoms with van der Waals surface area (Å²) in [6.45, 7) is 11.9. The first-order valence-corrected chi connectivity index (χ1v) is 6.56. The van der Waals surface area contributed by atoms with E-state index in [1.807, 2.05) is 0 Å². The summed E-state index contributed by atoms with van der Waals surface area (Å²) in [5.41, 5.74) is 2.14. The Kier molecular flexibility index (Phi) is 2.73. The number of fused-ring (bicyclic) bond motifs is 2. The molecule has 0 heteroatoms. The molecule has 3 fully saturated rings. The number of allylic oxidation sites excluding steroid dienone is 2. The van der Waals surface area contributed by atoms with Gasteiger partial charge in [0, 0.05) is 0 Å². The van der Waals surface area contributed by atoms with Crippen LogP contribution in [0, 0.1) is 29.1 Å². The molecule has 0 N–H and O–H groups in total. The van der Waals surface area contributed by atoms with Gasteiger partial charge >= 0.3 is 0 Å². The predicted octanol–water partition coefficient (Wildman–Crippen LogP) is 4.66. The second kappa shape index (κ2) is 3.64. The quantitative estimate of drug-likeness (QED) is 0.576. The van der Waals surface area contributed by atoms with Crippen molar-refractivity contribution in [1.82, 2.24) is 0 Å². The number of rotatable bonds is 2. The molecule has 0 spiro atoms. The van der Waals surface area contributed by atoms with Gasteiger partial charge in [-0.1, -0.05) is 32.4 Å². The molecule has 3 saturated carbocycles. The first-order valence-electron chi connectivity index (χ1n) is 6.56. The minimum absolute atomic E-state index is 0.654. The molecule has 0 heterocycles. The zero-order valence-electron chi connectivity index (χ0n) is 11.0. The summed E-state index contributed by atoms with van der Waals surface area (Å²) in [5, 5.41) is 0. The van der Waals surface area contributed by atoms with Gasteiger partial charge in [0.15, 0.2) is 0 Å². The van der Waals surface area contributed by atoms with Crippen LogP contribution in [-0.2, 0) is 0 Å². The van der Waals surface area contributed by atoms with Gasteiger partial charge in [0.05, 0.1) is 0 Å². The Morgan fingerprint density at radius 3 is 2.40 bits per heavy atom. The Hall–Kier alpha value is -0.260.